The van der Waals surface area contributed by atoms with Crippen LogP contribution in [0.5, 0.6) is 0 Å². The first-order valence-corrected chi connectivity index (χ1v) is 8.95. The summed E-state index contributed by atoms with van der Waals surface area (Å²) >= 11 is 0. The number of imide groups is 1. The fourth-order valence-electron chi connectivity index (χ4n) is 2.54. The molecule has 4 amide bonds. The summed E-state index contributed by atoms with van der Waals surface area (Å²) in [6.07, 6.45) is -1.22. The minimum atomic E-state index is -1.22. The number of carbonyl (C=O) groups is 4. The lowest BCUT2D eigenvalue weighted by molar-refractivity contribution is -0.127. The van der Waals surface area contributed by atoms with E-state index in [4.69, 9.17) is 4.74 Å². The van der Waals surface area contributed by atoms with Gasteiger partial charge in [0.05, 0.1) is 11.1 Å². The van der Waals surface area contributed by atoms with E-state index < -0.39 is 24.0 Å². The Morgan fingerprint density at radius 1 is 0.966 bits per heavy atom. The maximum absolute atomic E-state index is 12.9. The van der Waals surface area contributed by atoms with E-state index in [0.29, 0.717) is 6.54 Å². The Kier molecular flexibility index (Phi) is 7.47. The smallest absolute Gasteiger partial charge is 0.339 e. The van der Waals surface area contributed by atoms with Gasteiger partial charge in [-0.15, -0.1) is 0 Å². The topological polar surface area (TPSA) is 105 Å². The van der Waals surface area contributed by atoms with Crippen LogP contribution in [0.4, 0.5) is 4.79 Å². The van der Waals surface area contributed by atoms with Gasteiger partial charge in [0.25, 0.3) is 11.8 Å². The summed E-state index contributed by atoms with van der Waals surface area (Å²) in [5, 5.41) is 4.26. The van der Waals surface area contributed by atoms with Crippen LogP contribution in [0.25, 0.3) is 0 Å². The molecule has 0 aromatic heterocycles. The molecule has 1 atom stereocenters. The number of amides is 4. The van der Waals surface area contributed by atoms with Crippen LogP contribution in [0.15, 0.2) is 54.6 Å². The minimum absolute atomic E-state index is 0.0389. The van der Waals surface area contributed by atoms with Crippen LogP contribution in [0.2, 0.25) is 0 Å². The Morgan fingerprint density at radius 3 is 2.17 bits per heavy atom. The van der Waals surface area contributed by atoms with Crippen molar-refractivity contribution in [2.24, 2.45) is 0 Å². The van der Waals surface area contributed by atoms with Gasteiger partial charge in [0.2, 0.25) is 0 Å². The second kappa shape index (κ2) is 10.0. The highest BCUT2D eigenvalue weighted by Crippen LogP contribution is 2.15. The highest BCUT2D eigenvalue weighted by Gasteiger charge is 2.25. The summed E-state index contributed by atoms with van der Waals surface area (Å²) < 4.78 is 5.13. The molecule has 2 N–H and O–H groups in total. The number of hydrogen-bond donors (Lipinski definition) is 2. The normalized spacial score (nSPS) is 11.1. The summed E-state index contributed by atoms with van der Waals surface area (Å²) in [5.41, 5.74) is 1.15. The molecule has 152 valence electrons. The van der Waals surface area contributed by atoms with Gasteiger partial charge in [-0.3, -0.25) is 14.9 Å². The van der Waals surface area contributed by atoms with Gasteiger partial charge < -0.3 is 15.0 Å². The molecule has 0 saturated heterocycles. The predicted molar refractivity (Wildman–Crippen MR) is 106 cm³/mol. The van der Waals surface area contributed by atoms with Gasteiger partial charge in [0.1, 0.15) is 0 Å². The monoisotopic (exact) mass is 397 g/mol. The van der Waals surface area contributed by atoms with Crippen molar-refractivity contribution in [3.05, 3.63) is 71.3 Å². The molecule has 0 heterocycles. The molecule has 0 bridgehead atoms. The molecular weight excluding hydrogens is 374 g/mol. The summed E-state index contributed by atoms with van der Waals surface area (Å²) in [4.78, 5) is 50.0. The summed E-state index contributed by atoms with van der Waals surface area (Å²) in [5.74, 6) is -1.96. The van der Waals surface area contributed by atoms with Crippen LogP contribution in [0, 0.1) is 0 Å². The Balaban J connectivity index is 2.12. The highest BCUT2D eigenvalue weighted by atomic mass is 16.5. The molecule has 0 fully saturated rings. The molecule has 8 nitrogen and oxygen atoms in total. The molecule has 29 heavy (non-hydrogen) atoms. The van der Waals surface area contributed by atoms with Crippen LogP contribution >= 0.6 is 0 Å². The Labute approximate surface area is 168 Å². The van der Waals surface area contributed by atoms with Crippen molar-refractivity contribution in [1.82, 2.24) is 15.5 Å². The van der Waals surface area contributed by atoms with Crippen LogP contribution in [0.3, 0.4) is 0 Å². The molecule has 0 aliphatic heterocycles. The number of nitrogens with one attached hydrogen (secondary N) is 2. The molecule has 0 aliphatic rings. The standard InChI is InChI=1S/C21H23N3O5/c1-14(18(25)23-21(28)22-2)29-20(27)17-12-8-7-11-16(17)19(26)24(3)13-15-9-5-4-6-10-15/h4-12,14H,13H2,1-3H3,(H2,22,23,25,28)/t14-/m1/s1. The van der Waals surface area contributed by atoms with Crippen molar-refractivity contribution < 1.29 is 23.9 Å². The van der Waals surface area contributed by atoms with Crippen molar-refractivity contribution in [2.45, 2.75) is 19.6 Å². The van der Waals surface area contributed by atoms with Crippen LogP contribution < -0.4 is 10.6 Å². The average Bonchev–Trinajstić information content (AvgIpc) is 2.73. The number of ether oxygens (including phenoxy) is 1. The van der Waals surface area contributed by atoms with Crippen molar-refractivity contribution in [3.8, 4) is 0 Å². The fraction of sp³-hybridized carbons (Fsp3) is 0.238. The van der Waals surface area contributed by atoms with E-state index in [9.17, 15) is 19.2 Å². The molecular formula is C21H23N3O5. The molecule has 2 aromatic carbocycles. The van der Waals surface area contributed by atoms with E-state index in [2.05, 4.69) is 5.32 Å². The molecule has 2 rings (SSSR count). The Bertz CT molecular complexity index is 898. The van der Waals surface area contributed by atoms with Gasteiger partial charge in [-0.1, -0.05) is 42.5 Å². The van der Waals surface area contributed by atoms with Gasteiger partial charge in [0, 0.05) is 20.6 Å². The van der Waals surface area contributed by atoms with Crippen LogP contribution in [0.1, 0.15) is 33.2 Å². The van der Waals surface area contributed by atoms with E-state index in [1.54, 1.807) is 19.2 Å². The van der Waals surface area contributed by atoms with Gasteiger partial charge in [-0.25, -0.2) is 9.59 Å². The zero-order chi connectivity index (χ0) is 21.4. The third-order valence-electron chi connectivity index (χ3n) is 4.10. The quantitative estimate of drug-likeness (QED) is 0.725. The predicted octanol–water partition coefficient (Wildman–Crippen LogP) is 1.96. The molecule has 8 heteroatoms. The lowest BCUT2D eigenvalue weighted by Crippen LogP contribution is -2.43. The summed E-state index contributed by atoms with van der Waals surface area (Å²) in [6.45, 7) is 1.70. The SMILES string of the molecule is CNC(=O)NC(=O)[C@@H](C)OC(=O)c1ccccc1C(=O)N(C)Cc1ccccc1. The molecule has 0 radical (unpaired) electrons. The van der Waals surface area contributed by atoms with Crippen LogP contribution in [-0.2, 0) is 16.1 Å². The molecule has 0 aliphatic carbocycles. The molecule has 0 unspecified atom stereocenters. The van der Waals surface area contributed by atoms with Gasteiger partial charge in [-0.05, 0) is 24.6 Å². The van der Waals surface area contributed by atoms with E-state index in [0.717, 1.165) is 5.56 Å². The zero-order valence-corrected chi connectivity index (χ0v) is 16.5. The molecule has 0 saturated carbocycles. The highest BCUT2D eigenvalue weighted by molar-refractivity contribution is 6.06. The van der Waals surface area contributed by atoms with Crippen molar-refractivity contribution in [2.75, 3.05) is 14.1 Å². The average molecular weight is 397 g/mol. The lowest BCUT2D eigenvalue weighted by Gasteiger charge is -2.19. The van der Waals surface area contributed by atoms with Crippen molar-refractivity contribution in [3.63, 3.8) is 0 Å². The number of nitrogens with zero attached hydrogens (tertiary/aromatic N) is 1. The fourth-order valence-corrected chi connectivity index (χ4v) is 2.54. The Hall–Kier alpha value is -3.68. The summed E-state index contributed by atoms with van der Waals surface area (Å²) in [6, 6.07) is 14.9. The second-order valence-electron chi connectivity index (χ2n) is 6.31. The van der Waals surface area contributed by atoms with Gasteiger partial charge in [0.15, 0.2) is 6.10 Å². The zero-order valence-electron chi connectivity index (χ0n) is 16.5. The van der Waals surface area contributed by atoms with Gasteiger partial charge in [-0.2, -0.15) is 0 Å². The maximum atomic E-state index is 12.9. The molecule has 0 spiro atoms. The number of benzene rings is 2. The van der Waals surface area contributed by atoms with Crippen molar-refractivity contribution in [1.29, 1.82) is 0 Å². The van der Waals surface area contributed by atoms with Gasteiger partial charge >= 0.3 is 12.0 Å². The van der Waals surface area contributed by atoms with E-state index in [1.807, 2.05) is 35.6 Å². The number of hydrogen-bond acceptors (Lipinski definition) is 5. The first-order valence-electron chi connectivity index (χ1n) is 8.95. The van der Waals surface area contributed by atoms with Crippen LogP contribution in [-0.4, -0.2) is 48.9 Å². The number of urea groups is 1. The molecule has 2 aromatic rings. The lowest BCUT2D eigenvalue weighted by atomic mass is 10.1. The third kappa shape index (κ3) is 5.90. The van der Waals surface area contributed by atoms with E-state index >= 15 is 0 Å². The number of esters is 1. The van der Waals surface area contributed by atoms with Crippen molar-refractivity contribution >= 4 is 23.8 Å². The Morgan fingerprint density at radius 2 is 1.55 bits per heavy atom. The van der Waals surface area contributed by atoms with E-state index in [-0.39, 0.29) is 17.0 Å². The second-order valence-corrected chi connectivity index (χ2v) is 6.31. The third-order valence-corrected chi connectivity index (χ3v) is 4.10. The minimum Gasteiger partial charge on any atom is -0.449 e. The van der Waals surface area contributed by atoms with E-state index in [1.165, 1.54) is 31.0 Å². The summed E-state index contributed by atoms with van der Waals surface area (Å²) in [7, 11) is 2.99. The first-order chi connectivity index (χ1) is 13.8. The number of carbonyl (C=O) groups excluding carboxylic acids is 4. The largest absolute Gasteiger partial charge is 0.449 e. The number of rotatable bonds is 6. The maximum Gasteiger partial charge on any atom is 0.339 e. The first kappa shape index (κ1) is 21.6.